The second-order valence-electron chi connectivity index (χ2n) is 4.80. The average molecular weight is 319 g/mol. The molecule has 0 saturated heterocycles. The van der Waals surface area contributed by atoms with Gasteiger partial charge in [-0.2, -0.15) is 0 Å². The number of ketones is 1. The highest BCUT2D eigenvalue weighted by molar-refractivity contribution is 6.36. The summed E-state index contributed by atoms with van der Waals surface area (Å²) in [4.78, 5) is 16.9. The fourth-order valence-electron chi connectivity index (χ4n) is 2.31. The first-order chi connectivity index (χ1) is 10.1. The van der Waals surface area contributed by atoms with Crippen molar-refractivity contribution >= 4 is 40.0 Å². The van der Waals surface area contributed by atoms with Crippen LogP contribution in [0.25, 0.3) is 11.0 Å². The molecular formula is C16H12Cl2N2O. The number of benzene rings is 2. The summed E-state index contributed by atoms with van der Waals surface area (Å²) in [6, 6.07) is 12.7. The number of nitrogens with zero attached hydrogens (tertiary/aromatic N) is 2. The molecule has 0 atom stereocenters. The smallest absolute Gasteiger partial charge is 0.171 e. The van der Waals surface area contributed by atoms with Crippen molar-refractivity contribution < 1.29 is 4.79 Å². The lowest BCUT2D eigenvalue weighted by molar-refractivity contribution is 0.0990. The molecule has 0 spiro atoms. The van der Waals surface area contributed by atoms with Crippen LogP contribution in [0.4, 0.5) is 0 Å². The number of imidazole rings is 1. The van der Waals surface area contributed by atoms with Crippen molar-refractivity contribution in [3.63, 3.8) is 0 Å². The zero-order chi connectivity index (χ0) is 15.0. The SMILES string of the molecule is Cn1c(CC(=O)c2ccc(Cl)cc2Cl)nc2ccccc21. The Morgan fingerprint density at radius 3 is 2.67 bits per heavy atom. The van der Waals surface area contributed by atoms with E-state index in [-0.39, 0.29) is 12.2 Å². The van der Waals surface area contributed by atoms with Crippen molar-refractivity contribution in [3.8, 4) is 0 Å². The number of carbonyl (C=O) groups excluding carboxylic acids is 1. The number of Topliss-reactive ketones (excluding diaryl/α,β-unsaturated/α-hetero) is 1. The Morgan fingerprint density at radius 1 is 1.19 bits per heavy atom. The average Bonchev–Trinajstić information content (AvgIpc) is 2.76. The molecule has 106 valence electrons. The van der Waals surface area contributed by atoms with Crippen molar-refractivity contribution in [2.45, 2.75) is 6.42 Å². The van der Waals surface area contributed by atoms with E-state index < -0.39 is 0 Å². The van der Waals surface area contributed by atoms with E-state index in [1.807, 2.05) is 35.9 Å². The monoisotopic (exact) mass is 318 g/mol. The summed E-state index contributed by atoms with van der Waals surface area (Å²) in [5.41, 5.74) is 2.35. The second kappa shape index (κ2) is 5.51. The van der Waals surface area contributed by atoms with Crippen LogP contribution < -0.4 is 0 Å². The van der Waals surface area contributed by atoms with Gasteiger partial charge in [-0.3, -0.25) is 4.79 Å². The number of halogens is 2. The van der Waals surface area contributed by atoms with Crippen LogP contribution in [-0.4, -0.2) is 15.3 Å². The Balaban J connectivity index is 1.94. The number of hydrogen-bond donors (Lipinski definition) is 0. The predicted octanol–water partition coefficient (Wildman–Crippen LogP) is 4.31. The van der Waals surface area contributed by atoms with Gasteiger partial charge in [-0.15, -0.1) is 0 Å². The summed E-state index contributed by atoms with van der Waals surface area (Å²) in [5, 5.41) is 0.880. The molecule has 0 N–H and O–H groups in total. The molecule has 0 bridgehead atoms. The molecule has 0 aliphatic rings. The van der Waals surface area contributed by atoms with Crippen LogP contribution in [0, 0.1) is 0 Å². The molecule has 3 rings (SSSR count). The third kappa shape index (κ3) is 2.67. The summed E-state index contributed by atoms with van der Waals surface area (Å²) < 4.78 is 1.93. The molecule has 0 fully saturated rings. The minimum absolute atomic E-state index is 0.0740. The van der Waals surface area contributed by atoms with Crippen molar-refractivity contribution in [3.05, 3.63) is 63.9 Å². The molecule has 0 aliphatic heterocycles. The van der Waals surface area contributed by atoms with Gasteiger partial charge in [0.05, 0.1) is 22.5 Å². The highest BCUT2D eigenvalue weighted by Gasteiger charge is 2.15. The van der Waals surface area contributed by atoms with Crippen LogP contribution in [0.2, 0.25) is 10.0 Å². The lowest BCUT2D eigenvalue weighted by atomic mass is 10.1. The molecule has 0 radical (unpaired) electrons. The first-order valence-electron chi connectivity index (χ1n) is 6.45. The number of para-hydroxylation sites is 2. The Hall–Kier alpha value is -1.84. The molecule has 0 aliphatic carbocycles. The number of hydrogen-bond acceptors (Lipinski definition) is 2. The Morgan fingerprint density at radius 2 is 1.95 bits per heavy atom. The van der Waals surface area contributed by atoms with E-state index in [1.54, 1.807) is 18.2 Å². The molecule has 3 aromatic rings. The molecule has 21 heavy (non-hydrogen) atoms. The minimum Gasteiger partial charge on any atom is -0.331 e. The molecule has 1 aromatic heterocycles. The van der Waals surface area contributed by atoms with Crippen molar-refractivity contribution in [2.75, 3.05) is 0 Å². The zero-order valence-electron chi connectivity index (χ0n) is 11.3. The lowest BCUT2D eigenvalue weighted by Crippen LogP contribution is -2.09. The van der Waals surface area contributed by atoms with Crippen LogP contribution in [0.15, 0.2) is 42.5 Å². The van der Waals surface area contributed by atoms with Gasteiger partial charge in [-0.25, -0.2) is 4.98 Å². The van der Waals surface area contributed by atoms with Gasteiger partial charge >= 0.3 is 0 Å². The van der Waals surface area contributed by atoms with Crippen LogP contribution in [0.5, 0.6) is 0 Å². The van der Waals surface area contributed by atoms with E-state index in [4.69, 9.17) is 23.2 Å². The fourth-order valence-corrected chi connectivity index (χ4v) is 2.82. The van der Waals surface area contributed by atoms with Crippen molar-refractivity contribution in [2.24, 2.45) is 7.05 Å². The van der Waals surface area contributed by atoms with Crippen LogP contribution >= 0.6 is 23.2 Å². The standard InChI is InChI=1S/C16H12Cl2N2O/c1-20-14-5-3-2-4-13(14)19-16(20)9-15(21)11-7-6-10(17)8-12(11)18/h2-8H,9H2,1H3. The second-order valence-corrected chi connectivity index (χ2v) is 5.64. The number of carbonyl (C=O) groups is 1. The number of aromatic nitrogens is 2. The minimum atomic E-state index is -0.0740. The van der Waals surface area contributed by atoms with E-state index >= 15 is 0 Å². The maximum Gasteiger partial charge on any atom is 0.171 e. The Labute approximate surface area is 132 Å². The largest absolute Gasteiger partial charge is 0.331 e. The Kier molecular flexibility index (Phi) is 3.70. The van der Waals surface area contributed by atoms with E-state index in [2.05, 4.69) is 4.98 Å². The van der Waals surface area contributed by atoms with Crippen LogP contribution in [-0.2, 0) is 13.5 Å². The molecule has 0 unspecified atom stereocenters. The molecule has 1 heterocycles. The first-order valence-corrected chi connectivity index (χ1v) is 7.20. The molecule has 2 aromatic carbocycles. The molecule has 0 saturated carbocycles. The third-order valence-electron chi connectivity index (χ3n) is 3.43. The molecule has 0 amide bonds. The quantitative estimate of drug-likeness (QED) is 0.675. The number of fused-ring (bicyclic) bond motifs is 1. The Bertz CT molecular complexity index is 839. The lowest BCUT2D eigenvalue weighted by Gasteiger charge is -2.04. The zero-order valence-corrected chi connectivity index (χ0v) is 12.8. The summed E-state index contributed by atoms with van der Waals surface area (Å²) in [7, 11) is 1.90. The first kappa shape index (κ1) is 14.1. The van der Waals surface area contributed by atoms with Gasteiger partial charge in [0.1, 0.15) is 5.82 Å². The summed E-state index contributed by atoms with van der Waals surface area (Å²) in [6.45, 7) is 0. The van der Waals surface area contributed by atoms with Gasteiger partial charge < -0.3 is 4.57 Å². The summed E-state index contributed by atoms with van der Waals surface area (Å²) in [5.74, 6) is 0.641. The van der Waals surface area contributed by atoms with Gasteiger partial charge in [0.15, 0.2) is 5.78 Å². The van der Waals surface area contributed by atoms with Crippen LogP contribution in [0.1, 0.15) is 16.2 Å². The maximum absolute atomic E-state index is 12.4. The van der Waals surface area contributed by atoms with E-state index in [1.165, 1.54) is 0 Å². The summed E-state index contributed by atoms with van der Waals surface area (Å²) >= 11 is 11.9. The van der Waals surface area contributed by atoms with E-state index in [0.29, 0.717) is 21.4 Å². The van der Waals surface area contributed by atoms with Gasteiger partial charge in [-0.1, -0.05) is 35.3 Å². The maximum atomic E-state index is 12.4. The number of aryl methyl sites for hydroxylation is 1. The normalized spacial score (nSPS) is 11.0. The van der Waals surface area contributed by atoms with E-state index in [0.717, 1.165) is 11.0 Å². The third-order valence-corrected chi connectivity index (χ3v) is 3.98. The molecule has 3 nitrogen and oxygen atoms in total. The van der Waals surface area contributed by atoms with Gasteiger partial charge in [-0.05, 0) is 30.3 Å². The van der Waals surface area contributed by atoms with Gasteiger partial charge in [0.2, 0.25) is 0 Å². The van der Waals surface area contributed by atoms with Crippen molar-refractivity contribution in [1.29, 1.82) is 0 Å². The van der Waals surface area contributed by atoms with Crippen molar-refractivity contribution in [1.82, 2.24) is 9.55 Å². The predicted molar refractivity (Wildman–Crippen MR) is 85.2 cm³/mol. The van der Waals surface area contributed by atoms with Crippen LogP contribution in [0.3, 0.4) is 0 Å². The highest BCUT2D eigenvalue weighted by Crippen LogP contribution is 2.23. The fraction of sp³-hybridized carbons (Fsp3) is 0.125. The number of rotatable bonds is 3. The highest BCUT2D eigenvalue weighted by atomic mass is 35.5. The van der Waals surface area contributed by atoms with E-state index in [9.17, 15) is 4.79 Å². The molecule has 5 heteroatoms. The van der Waals surface area contributed by atoms with Gasteiger partial charge in [0, 0.05) is 17.6 Å². The molecular weight excluding hydrogens is 307 g/mol. The topological polar surface area (TPSA) is 34.9 Å². The van der Waals surface area contributed by atoms with Gasteiger partial charge in [0.25, 0.3) is 0 Å². The summed E-state index contributed by atoms with van der Waals surface area (Å²) in [6.07, 6.45) is 0.201.